The Morgan fingerprint density at radius 2 is 2.17 bits per heavy atom. The molecule has 0 saturated heterocycles. The van der Waals surface area contributed by atoms with E-state index in [4.69, 9.17) is 4.74 Å². The van der Waals surface area contributed by atoms with Crippen molar-refractivity contribution in [2.45, 2.75) is 44.6 Å². The van der Waals surface area contributed by atoms with Crippen molar-refractivity contribution >= 4 is 0 Å². The maximum atomic E-state index is 5.24. The van der Waals surface area contributed by atoms with E-state index in [1.54, 1.807) is 13.3 Å². The van der Waals surface area contributed by atoms with Gasteiger partial charge in [0.2, 0.25) is 0 Å². The van der Waals surface area contributed by atoms with Gasteiger partial charge in [0.05, 0.1) is 13.3 Å². The Kier molecular flexibility index (Phi) is 5.00. The van der Waals surface area contributed by atoms with Crippen LogP contribution in [0.25, 0.3) is 0 Å². The van der Waals surface area contributed by atoms with Crippen LogP contribution < -0.4 is 10.1 Å². The molecule has 0 aliphatic heterocycles. The van der Waals surface area contributed by atoms with Crippen LogP contribution in [-0.4, -0.2) is 19.1 Å². The molecule has 1 aliphatic carbocycles. The molecule has 1 unspecified atom stereocenters. The van der Waals surface area contributed by atoms with Crippen LogP contribution >= 0.6 is 0 Å². The molecule has 18 heavy (non-hydrogen) atoms. The van der Waals surface area contributed by atoms with E-state index in [0.717, 1.165) is 11.7 Å². The SMILES string of the molecule is CNC(CCC1CCCC1)c1cncc(OC)c1. The number of pyridine rings is 1. The fourth-order valence-electron chi connectivity index (χ4n) is 2.92. The molecule has 1 heterocycles. The smallest absolute Gasteiger partial charge is 0.137 e. The second-order valence-corrected chi connectivity index (χ2v) is 5.23. The molecule has 1 saturated carbocycles. The summed E-state index contributed by atoms with van der Waals surface area (Å²) < 4.78 is 5.24. The first-order chi connectivity index (χ1) is 8.83. The molecule has 3 nitrogen and oxygen atoms in total. The minimum Gasteiger partial charge on any atom is -0.495 e. The Bertz CT molecular complexity index is 361. The van der Waals surface area contributed by atoms with Gasteiger partial charge in [0.15, 0.2) is 0 Å². The number of rotatable bonds is 6. The highest BCUT2D eigenvalue weighted by molar-refractivity contribution is 5.25. The van der Waals surface area contributed by atoms with E-state index in [0.29, 0.717) is 6.04 Å². The molecular weight excluding hydrogens is 224 g/mol. The second kappa shape index (κ2) is 6.74. The van der Waals surface area contributed by atoms with E-state index < -0.39 is 0 Å². The molecule has 1 aromatic rings. The molecule has 1 aromatic heterocycles. The van der Waals surface area contributed by atoms with Crippen LogP contribution in [0.5, 0.6) is 5.75 Å². The summed E-state index contributed by atoms with van der Waals surface area (Å²) in [6, 6.07) is 2.48. The summed E-state index contributed by atoms with van der Waals surface area (Å²) in [6.45, 7) is 0. The first kappa shape index (κ1) is 13.3. The summed E-state index contributed by atoms with van der Waals surface area (Å²) in [6.07, 6.45) is 11.9. The number of aromatic nitrogens is 1. The van der Waals surface area contributed by atoms with Crippen LogP contribution in [0.4, 0.5) is 0 Å². The summed E-state index contributed by atoms with van der Waals surface area (Å²) in [5, 5.41) is 3.40. The molecule has 1 fully saturated rings. The van der Waals surface area contributed by atoms with Crippen LogP contribution in [0, 0.1) is 5.92 Å². The van der Waals surface area contributed by atoms with E-state index in [2.05, 4.69) is 16.4 Å². The summed E-state index contributed by atoms with van der Waals surface area (Å²) in [5.41, 5.74) is 1.23. The zero-order chi connectivity index (χ0) is 12.8. The molecule has 0 spiro atoms. The quantitative estimate of drug-likeness (QED) is 0.838. The van der Waals surface area contributed by atoms with Gasteiger partial charge < -0.3 is 10.1 Å². The fraction of sp³-hybridized carbons (Fsp3) is 0.667. The lowest BCUT2D eigenvalue weighted by molar-refractivity contribution is 0.406. The van der Waals surface area contributed by atoms with Crippen LogP contribution in [0.1, 0.15) is 50.1 Å². The van der Waals surface area contributed by atoms with E-state index >= 15 is 0 Å². The lowest BCUT2D eigenvalue weighted by Crippen LogP contribution is -2.17. The predicted molar refractivity (Wildman–Crippen MR) is 73.8 cm³/mol. The molecule has 1 atom stereocenters. The van der Waals surface area contributed by atoms with Gasteiger partial charge in [-0.15, -0.1) is 0 Å². The topological polar surface area (TPSA) is 34.2 Å². The normalized spacial score (nSPS) is 17.9. The van der Waals surface area contributed by atoms with Crippen molar-refractivity contribution in [2.75, 3.05) is 14.2 Å². The molecular formula is C15H24N2O. The molecule has 0 aromatic carbocycles. The molecule has 3 heteroatoms. The van der Waals surface area contributed by atoms with Gasteiger partial charge in [0.1, 0.15) is 5.75 Å². The molecule has 1 N–H and O–H groups in total. The predicted octanol–water partition coefficient (Wildman–Crippen LogP) is 3.32. The lowest BCUT2D eigenvalue weighted by Gasteiger charge is -2.19. The fourth-order valence-corrected chi connectivity index (χ4v) is 2.92. The molecule has 0 radical (unpaired) electrons. The number of hydrogen-bond donors (Lipinski definition) is 1. The maximum absolute atomic E-state index is 5.24. The van der Waals surface area contributed by atoms with E-state index in [-0.39, 0.29) is 0 Å². The number of nitrogens with one attached hydrogen (secondary N) is 1. The third-order valence-electron chi connectivity index (χ3n) is 4.06. The summed E-state index contributed by atoms with van der Waals surface area (Å²) in [5.74, 6) is 1.79. The van der Waals surface area contributed by atoms with E-state index in [1.165, 1.54) is 44.1 Å². The van der Waals surface area contributed by atoms with Crippen molar-refractivity contribution in [3.63, 3.8) is 0 Å². The van der Waals surface area contributed by atoms with Crippen LogP contribution in [0.2, 0.25) is 0 Å². The number of hydrogen-bond acceptors (Lipinski definition) is 3. The Morgan fingerprint density at radius 3 is 2.83 bits per heavy atom. The summed E-state index contributed by atoms with van der Waals surface area (Å²) >= 11 is 0. The summed E-state index contributed by atoms with van der Waals surface area (Å²) in [4.78, 5) is 4.24. The number of nitrogens with zero attached hydrogens (tertiary/aromatic N) is 1. The highest BCUT2D eigenvalue weighted by Gasteiger charge is 2.18. The van der Waals surface area contributed by atoms with Gasteiger partial charge in [-0.05, 0) is 37.4 Å². The van der Waals surface area contributed by atoms with Crippen molar-refractivity contribution in [2.24, 2.45) is 5.92 Å². The minimum atomic E-state index is 0.396. The van der Waals surface area contributed by atoms with E-state index in [1.807, 2.05) is 13.2 Å². The molecule has 0 bridgehead atoms. The van der Waals surface area contributed by atoms with Crippen LogP contribution in [-0.2, 0) is 0 Å². The first-order valence-corrected chi connectivity index (χ1v) is 6.99. The monoisotopic (exact) mass is 248 g/mol. The van der Waals surface area contributed by atoms with Crippen LogP contribution in [0.3, 0.4) is 0 Å². The van der Waals surface area contributed by atoms with Gasteiger partial charge in [-0.2, -0.15) is 0 Å². The zero-order valence-electron chi connectivity index (χ0n) is 11.5. The lowest BCUT2D eigenvalue weighted by atomic mass is 9.95. The third-order valence-corrected chi connectivity index (χ3v) is 4.06. The third kappa shape index (κ3) is 3.45. The van der Waals surface area contributed by atoms with Crippen molar-refractivity contribution in [3.05, 3.63) is 24.0 Å². The molecule has 0 amide bonds. The highest BCUT2D eigenvalue weighted by atomic mass is 16.5. The van der Waals surface area contributed by atoms with Gasteiger partial charge in [-0.3, -0.25) is 4.98 Å². The van der Waals surface area contributed by atoms with Gasteiger partial charge >= 0.3 is 0 Å². The molecule has 1 aliphatic rings. The Labute approximate surface area is 110 Å². The number of ether oxygens (including phenoxy) is 1. The molecule has 100 valence electrons. The van der Waals surface area contributed by atoms with Crippen molar-refractivity contribution < 1.29 is 4.74 Å². The second-order valence-electron chi connectivity index (χ2n) is 5.23. The first-order valence-electron chi connectivity index (χ1n) is 6.99. The Balaban J connectivity index is 1.93. The van der Waals surface area contributed by atoms with Gasteiger partial charge in [0, 0.05) is 12.2 Å². The van der Waals surface area contributed by atoms with Gasteiger partial charge in [-0.25, -0.2) is 0 Å². The van der Waals surface area contributed by atoms with Gasteiger partial charge in [0.25, 0.3) is 0 Å². The summed E-state index contributed by atoms with van der Waals surface area (Å²) in [7, 11) is 3.71. The average molecular weight is 248 g/mol. The largest absolute Gasteiger partial charge is 0.495 e. The molecule has 2 rings (SSSR count). The highest BCUT2D eigenvalue weighted by Crippen LogP contribution is 2.31. The Morgan fingerprint density at radius 1 is 1.39 bits per heavy atom. The Hall–Kier alpha value is -1.09. The van der Waals surface area contributed by atoms with Gasteiger partial charge in [-0.1, -0.05) is 25.7 Å². The van der Waals surface area contributed by atoms with E-state index in [9.17, 15) is 0 Å². The minimum absolute atomic E-state index is 0.396. The van der Waals surface area contributed by atoms with Crippen molar-refractivity contribution in [1.82, 2.24) is 10.3 Å². The van der Waals surface area contributed by atoms with Crippen molar-refractivity contribution in [3.8, 4) is 5.75 Å². The average Bonchev–Trinajstić information content (AvgIpc) is 2.93. The number of methoxy groups -OCH3 is 1. The zero-order valence-corrected chi connectivity index (χ0v) is 11.5. The standard InChI is InChI=1S/C15H24N2O/c1-16-15(8-7-12-5-3-4-6-12)13-9-14(18-2)11-17-10-13/h9-12,15-16H,3-8H2,1-2H3. The van der Waals surface area contributed by atoms with Crippen LogP contribution in [0.15, 0.2) is 18.5 Å². The maximum Gasteiger partial charge on any atom is 0.137 e. The van der Waals surface area contributed by atoms with Crippen molar-refractivity contribution in [1.29, 1.82) is 0 Å².